The van der Waals surface area contributed by atoms with Gasteiger partial charge in [-0.3, -0.25) is 14.9 Å². The Morgan fingerprint density at radius 3 is 2.81 bits per heavy atom. The van der Waals surface area contributed by atoms with E-state index in [0.29, 0.717) is 11.7 Å². The van der Waals surface area contributed by atoms with Crippen LogP contribution >= 0.6 is 11.8 Å². The van der Waals surface area contributed by atoms with Crippen molar-refractivity contribution in [1.82, 2.24) is 10.6 Å². The predicted molar refractivity (Wildman–Crippen MR) is 82.4 cm³/mol. The van der Waals surface area contributed by atoms with Crippen LogP contribution in [0.3, 0.4) is 0 Å². The molecule has 0 saturated carbocycles. The molecule has 1 amide bonds. The van der Waals surface area contributed by atoms with Gasteiger partial charge in [-0.1, -0.05) is 6.92 Å². The highest BCUT2D eigenvalue weighted by atomic mass is 32.2. The Labute approximate surface area is 127 Å². The van der Waals surface area contributed by atoms with E-state index in [0.717, 1.165) is 24.4 Å². The van der Waals surface area contributed by atoms with Crippen LogP contribution in [-0.4, -0.2) is 35.7 Å². The quantitative estimate of drug-likeness (QED) is 0.492. The molecule has 1 aliphatic heterocycles. The van der Waals surface area contributed by atoms with Crippen molar-refractivity contribution in [1.29, 1.82) is 0 Å². The fourth-order valence-electron chi connectivity index (χ4n) is 2.24. The molecule has 1 heterocycles. The second-order valence-electron chi connectivity index (χ2n) is 5.18. The van der Waals surface area contributed by atoms with E-state index in [2.05, 4.69) is 17.6 Å². The summed E-state index contributed by atoms with van der Waals surface area (Å²) in [4.78, 5) is 22.9. The second kappa shape index (κ2) is 7.42. The summed E-state index contributed by atoms with van der Waals surface area (Å²) in [5, 5.41) is 16.9. The molecular weight excluding hydrogens is 290 g/mol. The summed E-state index contributed by atoms with van der Waals surface area (Å²) in [5.74, 6) is 0.805. The molecule has 2 atom stereocenters. The number of benzene rings is 1. The second-order valence-corrected chi connectivity index (χ2v) is 6.23. The largest absolute Gasteiger partial charge is 0.351 e. The number of nitro benzene ring substituents is 1. The normalized spacial score (nSPS) is 21.8. The number of carbonyl (C=O) groups excluding carboxylic acids is 1. The van der Waals surface area contributed by atoms with Crippen molar-refractivity contribution in [3.05, 3.63) is 34.4 Å². The van der Waals surface area contributed by atoms with Crippen molar-refractivity contribution in [2.45, 2.75) is 24.3 Å². The minimum absolute atomic E-state index is 0.00102. The van der Waals surface area contributed by atoms with Crippen LogP contribution in [0.15, 0.2) is 29.2 Å². The minimum Gasteiger partial charge on any atom is -0.351 e. The maximum atomic E-state index is 11.9. The Morgan fingerprint density at radius 1 is 1.48 bits per heavy atom. The third-order valence-electron chi connectivity index (χ3n) is 3.59. The summed E-state index contributed by atoms with van der Waals surface area (Å²) in [6, 6.07) is 6.42. The lowest BCUT2D eigenvalue weighted by Crippen LogP contribution is -2.50. The van der Waals surface area contributed by atoms with Gasteiger partial charge in [0, 0.05) is 29.6 Å². The molecule has 2 N–H and O–H groups in total. The highest BCUT2D eigenvalue weighted by molar-refractivity contribution is 8.00. The highest BCUT2D eigenvalue weighted by Crippen LogP contribution is 2.21. The molecule has 6 nitrogen and oxygen atoms in total. The fourth-order valence-corrected chi connectivity index (χ4v) is 2.95. The van der Waals surface area contributed by atoms with Crippen molar-refractivity contribution >= 4 is 23.4 Å². The van der Waals surface area contributed by atoms with Crippen LogP contribution in [0.5, 0.6) is 0 Å². The molecule has 2 rings (SSSR count). The Hall–Kier alpha value is -1.60. The van der Waals surface area contributed by atoms with Gasteiger partial charge in [-0.2, -0.15) is 0 Å². The number of nitrogens with one attached hydrogen (secondary N) is 2. The topological polar surface area (TPSA) is 84.3 Å². The molecule has 1 fully saturated rings. The standard InChI is InChI=1S/C14H19N3O3S/c1-10-6-7-15-8-13(10)16-14(18)9-21-12-4-2-11(3-5-12)17(19)20/h2-5,10,13,15H,6-9H2,1H3,(H,16,18). The number of carbonyl (C=O) groups is 1. The zero-order valence-electron chi connectivity index (χ0n) is 11.9. The molecule has 1 aliphatic rings. The van der Waals surface area contributed by atoms with Gasteiger partial charge < -0.3 is 10.6 Å². The van der Waals surface area contributed by atoms with Crippen LogP contribution in [-0.2, 0) is 4.79 Å². The molecular formula is C14H19N3O3S. The average Bonchev–Trinajstić information content (AvgIpc) is 2.48. The first-order valence-electron chi connectivity index (χ1n) is 6.93. The molecule has 1 aromatic carbocycles. The van der Waals surface area contributed by atoms with E-state index in [9.17, 15) is 14.9 Å². The molecule has 21 heavy (non-hydrogen) atoms. The van der Waals surface area contributed by atoms with Crippen molar-refractivity contribution in [2.24, 2.45) is 5.92 Å². The Kier molecular flexibility index (Phi) is 5.58. The highest BCUT2D eigenvalue weighted by Gasteiger charge is 2.22. The lowest BCUT2D eigenvalue weighted by Gasteiger charge is -2.30. The molecule has 7 heteroatoms. The predicted octanol–water partition coefficient (Wildman–Crippen LogP) is 1.80. The number of hydrogen-bond donors (Lipinski definition) is 2. The third-order valence-corrected chi connectivity index (χ3v) is 4.60. The number of amides is 1. The number of piperidine rings is 1. The zero-order valence-corrected chi connectivity index (χ0v) is 12.7. The molecule has 0 bridgehead atoms. The number of nitrogens with zero attached hydrogens (tertiary/aromatic N) is 1. The van der Waals surface area contributed by atoms with E-state index in [1.54, 1.807) is 12.1 Å². The number of non-ortho nitro benzene ring substituents is 1. The van der Waals surface area contributed by atoms with Crippen molar-refractivity contribution in [2.75, 3.05) is 18.8 Å². The van der Waals surface area contributed by atoms with Gasteiger partial charge in [0.25, 0.3) is 5.69 Å². The van der Waals surface area contributed by atoms with Gasteiger partial charge in [0.15, 0.2) is 0 Å². The number of rotatable bonds is 5. The Morgan fingerprint density at radius 2 is 2.19 bits per heavy atom. The van der Waals surface area contributed by atoms with Gasteiger partial charge in [0.05, 0.1) is 10.7 Å². The molecule has 0 aliphatic carbocycles. The SMILES string of the molecule is CC1CCNCC1NC(=O)CSc1ccc([N+](=O)[O-])cc1. The lowest BCUT2D eigenvalue weighted by molar-refractivity contribution is -0.384. The lowest BCUT2D eigenvalue weighted by atomic mass is 9.95. The summed E-state index contributed by atoms with van der Waals surface area (Å²) < 4.78 is 0. The van der Waals surface area contributed by atoms with E-state index < -0.39 is 4.92 Å². The van der Waals surface area contributed by atoms with Crippen LogP contribution < -0.4 is 10.6 Å². The first kappa shape index (κ1) is 15.8. The van der Waals surface area contributed by atoms with E-state index >= 15 is 0 Å². The van der Waals surface area contributed by atoms with Gasteiger partial charge in [0.2, 0.25) is 5.91 Å². The van der Waals surface area contributed by atoms with Crippen LogP contribution in [0.1, 0.15) is 13.3 Å². The van der Waals surface area contributed by atoms with E-state index in [4.69, 9.17) is 0 Å². The smallest absolute Gasteiger partial charge is 0.269 e. The van der Waals surface area contributed by atoms with E-state index in [1.165, 1.54) is 23.9 Å². The van der Waals surface area contributed by atoms with Crippen LogP contribution in [0.25, 0.3) is 0 Å². The number of thioether (sulfide) groups is 1. The van der Waals surface area contributed by atoms with Crippen LogP contribution in [0.4, 0.5) is 5.69 Å². The maximum Gasteiger partial charge on any atom is 0.269 e. The summed E-state index contributed by atoms with van der Waals surface area (Å²) >= 11 is 1.38. The number of nitro groups is 1. The first-order valence-corrected chi connectivity index (χ1v) is 7.92. The first-order chi connectivity index (χ1) is 10.1. The van der Waals surface area contributed by atoms with Crippen LogP contribution in [0, 0.1) is 16.0 Å². The zero-order chi connectivity index (χ0) is 15.2. The molecule has 0 radical (unpaired) electrons. The Bertz CT molecular complexity index is 507. The summed E-state index contributed by atoms with van der Waals surface area (Å²) in [5.41, 5.74) is 0.0610. The number of hydrogen-bond acceptors (Lipinski definition) is 5. The maximum absolute atomic E-state index is 11.9. The molecule has 0 spiro atoms. The van der Waals surface area contributed by atoms with Crippen LogP contribution in [0.2, 0.25) is 0 Å². The van der Waals surface area contributed by atoms with Gasteiger partial charge in [-0.15, -0.1) is 11.8 Å². The van der Waals surface area contributed by atoms with Crippen molar-refractivity contribution in [3.63, 3.8) is 0 Å². The van der Waals surface area contributed by atoms with Gasteiger partial charge in [-0.05, 0) is 31.0 Å². The molecule has 2 unspecified atom stereocenters. The minimum atomic E-state index is -0.432. The molecule has 0 aromatic heterocycles. The summed E-state index contributed by atoms with van der Waals surface area (Å²) in [6.07, 6.45) is 1.07. The van der Waals surface area contributed by atoms with Gasteiger partial charge >= 0.3 is 0 Å². The van der Waals surface area contributed by atoms with E-state index in [1.807, 2.05) is 0 Å². The van der Waals surface area contributed by atoms with Gasteiger partial charge in [-0.25, -0.2) is 0 Å². The average molecular weight is 309 g/mol. The molecule has 1 aromatic rings. The summed E-state index contributed by atoms with van der Waals surface area (Å²) in [6.45, 7) is 3.97. The van der Waals surface area contributed by atoms with Gasteiger partial charge in [0.1, 0.15) is 0 Å². The van der Waals surface area contributed by atoms with Crippen molar-refractivity contribution in [3.8, 4) is 0 Å². The monoisotopic (exact) mass is 309 g/mol. The summed E-state index contributed by atoms with van der Waals surface area (Å²) in [7, 11) is 0. The molecule has 114 valence electrons. The van der Waals surface area contributed by atoms with Crippen molar-refractivity contribution < 1.29 is 9.72 Å². The molecule has 1 saturated heterocycles. The third kappa shape index (κ3) is 4.71. The fraction of sp³-hybridized carbons (Fsp3) is 0.500. The Balaban J connectivity index is 1.79. The van der Waals surface area contributed by atoms with E-state index in [-0.39, 0.29) is 17.6 Å².